The highest BCUT2D eigenvalue weighted by atomic mass is 16.5. The fourth-order valence-corrected chi connectivity index (χ4v) is 1.80. The molecule has 1 aromatic heterocycles. The molecule has 0 amide bonds. The minimum atomic E-state index is -0.451. The van der Waals surface area contributed by atoms with Crippen LogP contribution in [0.2, 0.25) is 0 Å². The number of aromatic nitrogens is 2. The lowest BCUT2D eigenvalue weighted by molar-refractivity contribution is -0.143. The molecule has 0 saturated carbocycles. The number of carbonyl (C=O) groups is 1. The second-order valence-electron chi connectivity index (χ2n) is 5.21. The molecule has 0 aliphatic heterocycles. The summed E-state index contributed by atoms with van der Waals surface area (Å²) in [6.45, 7) is 12.7. The summed E-state index contributed by atoms with van der Waals surface area (Å²) in [4.78, 5) is 20.8. The molecule has 0 fully saturated rings. The first-order valence-corrected chi connectivity index (χ1v) is 7.46. The van der Waals surface area contributed by atoms with Crippen molar-refractivity contribution in [2.75, 3.05) is 23.8 Å². The van der Waals surface area contributed by atoms with Gasteiger partial charge in [-0.15, -0.1) is 0 Å². The summed E-state index contributed by atoms with van der Waals surface area (Å²) >= 11 is 0. The Balaban J connectivity index is 3.06. The van der Waals surface area contributed by atoms with Gasteiger partial charge in [-0.3, -0.25) is 0 Å². The summed E-state index contributed by atoms with van der Waals surface area (Å²) in [6, 6.07) is -0.451. The number of hydrogen-bond donors (Lipinski definition) is 2. The van der Waals surface area contributed by atoms with Gasteiger partial charge < -0.3 is 15.4 Å². The number of anilines is 2. The van der Waals surface area contributed by atoms with E-state index in [4.69, 9.17) is 4.74 Å². The Bertz CT molecular complexity index is 489. The molecule has 6 nitrogen and oxygen atoms in total. The van der Waals surface area contributed by atoms with Crippen LogP contribution in [0.3, 0.4) is 0 Å². The zero-order chi connectivity index (χ0) is 16.0. The number of ether oxygens (including phenoxy) is 1. The van der Waals surface area contributed by atoms with Crippen molar-refractivity contribution in [3.05, 3.63) is 11.4 Å². The van der Waals surface area contributed by atoms with E-state index in [0.717, 1.165) is 23.8 Å². The number of hydrogen-bond acceptors (Lipinski definition) is 6. The molecule has 0 saturated heterocycles. The van der Waals surface area contributed by atoms with Gasteiger partial charge in [0.25, 0.3) is 0 Å². The molecule has 0 aliphatic carbocycles. The summed E-state index contributed by atoms with van der Waals surface area (Å²) in [5.74, 6) is 2.14. The molecule has 1 aromatic rings. The summed E-state index contributed by atoms with van der Waals surface area (Å²) in [7, 11) is 0. The van der Waals surface area contributed by atoms with Crippen LogP contribution in [0.4, 0.5) is 11.6 Å². The first-order chi connectivity index (χ1) is 9.90. The van der Waals surface area contributed by atoms with Gasteiger partial charge in [-0.05, 0) is 27.7 Å². The molecule has 1 unspecified atom stereocenters. The van der Waals surface area contributed by atoms with Crippen molar-refractivity contribution in [2.45, 2.75) is 53.5 Å². The maximum Gasteiger partial charge on any atom is 0.328 e. The Hall–Kier alpha value is -1.85. The number of nitrogens with zero attached hydrogens (tertiary/aromatic N) is 2. The smallest absolute Gasteiger partial charge is 0.328 e. The highest BCUT2D eigenvalue weighted by molar-refractivity contribution is 5.79. The van der Waals surface area contributed by atoms with Crippen LogP contribution in [0.25, 0.3) is 0 Å². The zero-order valence-electron chi connectivity index (χ0n) is 13.8. The van der Waals surface area contributed by atoms with Crippen LogP contribution in [-0.4, -0.2) is 35.1 Å². The molecule has 1 heterocycles. The summed E-state index contributed by atoms with van der Waals surface area (Å²) < 4.78 is 5.01. The van der Waals surface area contributed by atoms with Crippen LogP contribution in [0.5, 0.6) is 0 Å². The first-order valence-electron chi connectivity index (χ1n) is 7.46. The van der Waals surface area contributed by atoms with E-state index in [1.165, 1.54) is 0 Å². The lowest BCUT2D eigenvalue weighted by atomic mass is 10.2. The standard InChI is InChI=1S/C15H26N4O2/c1-7-16-13-10(5)14(19-12(18-13)9(3)4)17-11(6)15(20)21-8-2/h9,11H,7-8H2,1-6H3,(H2,16,17,18,19). The lowest BCUT2D eigenvalue weighted by Crippen LogP contribution is -2.29. The van der Waals surface area contributed by atoms with Gasteiger partial charge in [0.15, 0.2) is 0 Å². The fraction of sp³-hybridized carbons (Fsp3) is 0.667. The van der Waals surface area contributed by atoms with Gasteiger partial charge in [0, 0.05) is 18.0 Å². The van der Waals surface area contributed by atoms with Crippen molar-refractivity contribution < 1.29 is 9.53 Å². The Morgan fingerprint density at radius 2 is 1.81 bits per heavy atom. The average molecular weight is 294 g/mol. The number of rotatable bonds is 7. The molecule has 0 spiro atoms. The summed E-state index contributed by atoms with van der Waals surface area (Å²) in [6.07, 6.45) is 0. The van der Waals surface area contributed by atoms with Gasteiger partial charge in [0.1, 0.15) is 23.5 Å². The number of carbonyl (C=O) groups excluding carboxylic acids is 1. The highest BCUT2D eigenvalue weighted by Crippen LogP contribution is 2.23. The van der Waals surface area contributed by atoms with E-state index >= 15 is 0 Å². The second kappa shape index (κ2) is 7.81. The van der Waals surface area contributed by atoms with Crippen molar-refractivity contribution in [2.24, 2.45) is 0 Å². The monoisotopic (exact) mass is 294 g/mol. The van der Waals surface area contributed by atoms with Crippen molar-refractivity contribution in [3.63, 3.8) is 0 Å². The molecule has 0 radical (unpaired) electrons. The summed E-state index contributed by atoms with van der Waals surface area (Å²) in [5.41, 5.74) is 0.900. The molecule has 0 aliphatic rings. The van der Waals surface area contributed by atoms with Gasteiger partial charge >= 0.3 is 5.97 Å². The number of nitrogens with one attached hydrogen (secondary N) is 2. The number of esters is 1. The maximum atomic E-state index is 11.7. The molecular formula is C15H26N4O2. The molecule has 0 aromatic carbocycles. The van der Waals surface area contributed by atoms with Crippen molar-refractivity contribution in [1.82, 2.24) is 9.97 Å². The maximum absolute atomic E-state index is 11.7. The third-order valence-electron chi connectivity index (χ3n) is 3.02. The largest absolute Gasteiger partial charge is 0.464 e. The van der Waals surface area contributed by atoms with Gasteiger partial charge in [0.05, 0.1) is 6.61 Å². The molecule has 21 heavy (non-hydrogen) atoms. The van der Waals surface area contributed by atoms with Crippen LogP contribution in [-0.2, 0) is 9.53 Å². The zero-order valence-corrected chi connectivity index (χ0v) is 13.8. The van der Waals surface area contributed by atoms with Crippen LogP contribution in [0.1, 0.15) is 51.9 Å². The third-order valence-corrected chi connectivity index (χ3v) is 3.02. The minimum absolute atomic E-state index is 0.210. The third kappa shape index (κ3) is 4.58. The molecule has 1 atom stereocenters. The molecule has 2 N–H and O–H groups in total. The van der Waals surface area contributed by atoms with Crippen LogP contribution in [0.15, 0.2) is 0 Å². The quantitative estimate of drug-likeness (QED) is 0.753. The minimum Gasteiger partial charge on any atom is -0.464 e. The van der Waals surface area contributed by atoms with E-state index in [1.54, 1.807) is 13.8 Å². The molecular weight excluding hydrogens is 268 g/mol. The second-order valence-corrected chi connectivity index (χ2v) is 5.21. The molecule has 6 heteroatoms. The van der Waals surface area contributed by atoms with E-state index in [1.807, 2.05) is 27.7 Å². The van der Waals surface area contributed by atoms with Gasteiger partial charge in [-0.1, -0.05) is 13.8 Å². The SMILES string of the molecule is CCNc1nc(C(C)C)nc(NC(C)C(=O)OCC)c1C. The predicted molar refractivity (Wildman–Crippen MR) is 84.7 cm³/mol. The van der Waals surface area contributed by atoms with Crippen molar-refractivity contribution in [3.8, 4) is 0 Å². The normalized spacial score (nSPS) is 12.1. The average Bonchev–Trinajstić information content (AvgIpc) is 2.43. The first kappa shape index (κ1) is 17.2. The van der Waals surface area contributed by atoms with E-state index in [2.05, 4.69) is 20.6 Å². The van der Waals surface area contributed by atoms with Crippen LogP contribution in [0, 0.1) is 6.92 Å². The Labute approximate surface area is 126 Å². The van der Waals surface area contributed by atoms with Crippen LogP contribution >= 0.6 is 0 Å². The Kier molecular flexibility index (Phi) is 6.39. The van der Waals surface area contributed by atoms with Gasteiger partial charge in [-0.25, -0.2) is 14.8 Å². The lowest BCUT2D eigenvalue weighted by Gasteiger charge is -2.18. The molecule has 1 rings (SSSR count). The molecule has 118 valence electrons. The van der Waals surface area contributed by atoms with Gasteiger partial charge in [-0.2, -0.15) is 0 Å². The summed E-state index contributed by atoms with van der Waals surface area (Å²) in [5, 5.41) is 6.35. The van der Waals surface area contributed by atoms with E-state index in [9.17, 15) is 4.79 Å². The fourth-order valence-electron chi connectivity index (χ4n) is 1.80. The van der Waals surface area contributed by atoms with E-state index in [0.29, 0.717) is 12.4 Å². The Morgan fingerprint density at radius 1 is 1.19 bits per heavy atom. The van der Waals surface area contributed by atoms with E-state index < -0.39 is 6.04 Å². The highest BCUT2D eigenvalue weighted by Gasteiger charge is 2.18. The van der Waals surface area contributed by atoms with Crippen LogP contribution < -0.4 is 10.6 Å². The van der Waals surface area contributed by atoms with Crippen molar-refractivity contribution >= 4 is 17.6 Å². The topological polar surface area (TPSA) is 76.1 Å². The predicted octanol–water partition coefficient (Wildman–Crippen LogP) is 2.70. The van der Waals surface area contributed by atoms with E-state index in [-0.39, 0.29) is 11.9 Å². The van der Waals surface area contributed by atoms with Gasteiger partial charge in [0.2, 0.25) is 0 Å². The Morgan fingerprint density at radius 3 is 2.33 bits per heavy atom. The van der Waals surface area contributed by atoms with Crippen molar-refractivity contribution in [1.29, 1.82) is 0 Å². The molecule has 0 bridgehead atoms.